The molecule has 0 heterocycles. The van der Waals surface area contributed by atoms with Gasteiger partial charge in [0.2, 0.25) is 0 Å². The maximum Gasteiger partial charge on any atom is 0.393 e. The predicted molar refractivity (Wildman–Crippen MR) is 77.8 cm³/mol. The molecule has 0 saturated heterocycles. The average Bonchev–Trinajstić information content (AvgIpc) is 2.39. The van der Waals surface area contributed by atoms with Crippen molar-refractivity contribution in [3.63, 3.8) is 0 Å². The van der Waals surface area contributed by atoms with Crippen LogP contribution in [0.5, 0.6) is 0 Å². The maximum atomic E-state index is 13.0. The van der Waals surface area contributed by atoms with Crippen LogP contribution in [0.15, 0.2) is 22.7 Å². The molecule has 1 N–H and O–H groups in total. The van der Waals surface area contributed by atoms with E-state index < -0.39 is 18.1 Å². The van der Waals surface area contributed by atoms with Crippen molar-refractivity contribution >= 4 is 27.5 Å². The van der Waals surface area contributed by atoms with Gasteiger partial charge >= 0.3 is 6.18 Å². The molecule has 6 heteroatoms. The van der Waals surface area contributed by atoms with Crippen molar-refractivity contribution in [3.8, 4) is 0 Å². The van der Waals surface area contributed by atoms with Crippen LogP contribution in [-0.4, -0.2) is 12.2 Å². The number of alkyl halides is 3. The number of nitrogens with one attached hydrogen (secondary N) is 1. The predicted octanol–water partition coefficient (Wildman–Crippen LogP) is 5.31. The van der Waals surface area contributed by atoms with Gasteiger partial charge in [0.15, 0.2) is 0 Å². The molecule has 0 spiro atoms. The Morgan fingerprint density at radius 3 is 2.65 bits per heavy atom. The number of hydrogen-bond acceptors (Lipinski definition) is 1. The molecule has 1 aromatic carbocycles. The minimum atomic E-state index is -4.12. The van der Waals surface area contributed by atoms with E-state index in [2.05, 4.69) is 21.2 Å². The van der Waals surface area contributed by atoms with Crippen LogP contribution in [0.25, 0.3) is 0 Å². The van der Waals surface area contributed by atoms with Gasteiger partial charge in [-0.3, -0.25) is 0 Å². The van der Waals surface area contributed by atoms with E-state index in [0.717, 1.165) is 16.5 Å². The lowest BCUT2D eigenvalue weighted by molar-refractivity contribution is -0.189. The molecule has 1 nitrogen and oxygen atoms in total. The third-order valence-corrected chi connectivity index (χ3v) is 4.76. The number of hydrogen-bond donors (Lipinski definition) is 1. The summed E-state index contributed by atoms with van der Waals surface area (Å²) >= 11 is 9.30. The summed E-state index contributed by atoms with van der Waals surface area (Å²) in [5, 5.41) is 3.64. The second-order valence-electron chi connectivity index (χ2n) is 5.16. The molecule has 1 aliphatic rings. The first-order valence-corrected chi connectivity index (χ1v) is 7.79. The van der Waals surface area contributed by atoms with Gasteiger partial charge in [0, 0.05) is 22.1 Å². The van der Waals surface area contributed by atoms with E-state index in [9.17, 15) is 13.2 Å². The highest BCUT2D eigenvalue weighted by Crippen LogP contribution is 2.38. The minimum Gasteiger partial charge on any atom is -0.309 e. The molecule has 1 aliphatic carbocycles. The van der Waals surface area contributed by atoms with Crippen LogP contribution >= 0.6 is 27.5 Å². The highest BCUT2D eigenvalue weighted by molar-refractivity contribution is 9.10. The van der Waals surface area contributed by atoms with Crippen LogP contribution in [0.2, 0.25) is 5.02 Å². The van der Waals surface area contributed by atoms with E-state index in [-0.39, 0.29) is 6.42 Å². The van der Waals surface area contributed by atoms with Gasteiger partial charge < -0.3 is 5.32 Å². The van der Waals surface area contributed by atoms with Crippen LogP contribution in [0, 0.1) is 5.92 Å². The molecule has 0 amide bonds. The van der Waals surface area contributed by atoms with E-state index in [1.54, 1.807) is 12.1 Å². The van der Waals surface area contributed by atoms with Gasteiger partial charge in [0.25, 0.3) is 0 Å². The number of benzene rings is 1. The van der Waals surface area contributed by atoms with E-state index in [1.165, 1.54) is 0 Å². The van der Waals surface area contributed by atoms with Crippen molar-refractivity contribution in [2.45, 2.75) is 44.4 Å². The molecule has 2 atom stereocenters. The monoisotopic (exact) mass is 369 g/mol. The highest BCUT2D eigenvalue weighted by Gasteiger charge is 2.45. The summed E-state index contributed by atoms with van der Waals surface area (Å²) in [4.78, 5) is 0. The summed E-state index contributed by atoms with van der Waals surface area (Å²) in [5.41, 5.74) is 0.879. The summed E-state index contributed by atoms with van der Waals surface area (Å²) in [6.45, 7) is 0.387. The zero-order valence-corrected chi connectivity index (χ0v) is 13.2. The fourth-order valence-electron chi connectivity index (χ4n) is 2.69. The van der Waals surface area contributed by atoms with Gasteiger partial charge in [-0.15, -0.1) is 0 Å². The molecule has 112 valence electrons. The van der Waals surface area contributed by atoms with E-state index in [1.807, 2.05) is 6.07 Å². The molecular weight excluding hydrogens is 355 g/mol. The normalized spacial score (nSPS) is 23.9. The summed E-state index contributed by atoms with van der Waals surface area (Å²) < 4.78 is 39.8. The van der Waals surface area contributed by atoms with Gasteiger partial charge in [-0.05, 0) is 36.6 Å². The summed E-state index contributed by atoms with van der Waals surface area (Å²) in [6.07, 6.45) is -1.83. The van der Waals surface area contributed by atoms with Crippen LogP contribution < -0.4 is 5.32 Å². The SMILES string of the molecule is FC(F)(F)C1CCCCC1NCc1cc(Cl)ccc1Br. The van der Waals surface area contributed by atoms with Crippen molar-refractivity contribution in [2.75, 3.05) is 0 Å². The molecule has 0 aromatic heterocycles. The van der Waals surface area contributed by atoms with Gasteiger partial charge in [0.1, 0.15) is 0 Å². The van der Waals surface area contributed by atoms with Crippen LogP contribution in [0.1, 0.15) is 31.2 Å². The lowest BCUT2D eigenvalue weighted by Gasteiger charge is -2.33. The fraction of sp³-hybridized carbons (Fsp3) is 0.571. The highest BCUT2D eigenvalue weighted by atomic mass is 79.9. The second-order valence-corrected chi connectivity index (χ2v) is 6.45. The molecule has 1 saturated carbocycles. The fourth-order valence-corrected chi connectivity index (χ4v) is 3.27. The summed E-state index contributed by atoms with van der Waals surface area (Å²) in [5.74, 6) is -1.24. The molecule has 1 fully saturated rings. The zero-order chi connectivity index (χ0) is 14.8. The zero-order valence-electron chi connectivity index (χ0n) is 10.8. The third-order valence-electron chi connectivity index (χ3n) is 3.75. The minimum absolute atomic E-state index is 0.220. The molecule has 1 aromatic rings. The molecule has 0 radical (unpaired) electrons. The molecular formula is C14H16BrClF3N. The molecule has 2 unspecified atom stereocenters. The van der Waals surface area contributed by atoms with Crippen molar-refractivity contribution in [1.82, 2.24) is 5.32 Å². The Balaban J connectivity index is 2.03. The van der Waals surface area contributed by atoms with Crippen molar-refractivity contribution in [1.29, 1.82) is 0 Å². The Labute approximate surface area is 130 Å². The Hall–Kier alpha value is -0.260. The number of rotatable bonds is 3. The van der Waals surface area contributed by atoms with Gasteiger partial charge in [0.05, 0.1) is 5.92 Å². The first-order chi connectivity index (χ1) is 9.38. The van der Waals surface area contributed by atoms with E-state index >= 15 is 0 Å². The van der Waals surface area contributed by atoms with Crippen LogP contribution in [0.4, 0.5) is 13.2 Å². The van der Waals surface area contributed by atoms with Gasteiger partial charge in [-0.25, -0.2) is 0 Å². The topological polar surface area (TPSA) is 12.0 Å². The van der Waals surface area contributed by atoms with E-state index in [0.29, 0.717) is 24.4 Å². The van der Waals surface area contributed by atoms with Gasteiger partial charge in [-0.2, -0.15) is 13.2 Å². The quantitative estimate of drug-likeness (QED) is 0.760. The van der Waals surface area contributed by atoms with E-state index in [4.69, 9.17) is 11.6 Å². The summed E-state index contributed by atoms with van der Waals surface area (Å²) in [6, 6.07) is 4.81. The molecule has 20 heavy (non-hydrogen) atoms. The molecule has 0 aliphatic heterocycles. The number of halogens is 5. The van der Waals surface area contributed by atoms with Crippen molar-refractivity contribution in [2.24, 2.45) is 5.92 Å². The third kappa shape index (κ3) is 4.12. The van der Waals surface area contributed by atoms with Crippen LogP contribution in [0.3, 0.4) is 0 Å². The Bertz CT molecular complexity index is 464. The molecule has 2 rings (SSSR count). The van der Waals surface area contributed by atoms with Crippen molar-refractivity contribution < 1.29 is 13.2 Å². The largest absolute Gasteiger partial charge is 0.393 e. The standard InChI is InChI=1S/C14H16BrClF3N/c15-12-6-5-10(16)7-9(12)8-20-13-4-2-1-3-11(13)14(17,18)19/h5-7,11,13,20H,1-4,8H2. The average molecular weight is 371 g/mol. The summed E-state index contributed by atoms with van der Waals surface area (Å²) in [7, 11) is 0. The first kappa shape index (κ1) is 16.1. The van der Waals surface area contributed by atoms with Crippen LogP contribution in [-0.2, 0) is 6.54 Å². The maximum absolute atomic E-state index is 13.0. The van der Waals surface area contributed by atoms with Gasteiger partial charge in [-0.1, -0.05) is 40.4 Å². The Morgan fingerprint density at radius 2 is 1.95 bits per heavy atom. The first-order valence-electron chi connectivity index (χ1n) is 6.62. The lowest BCUT2D eigenvalue weighted by atomic mass is 9.84. The second kappa shape index (κ2) is 6.67. The smallest absolute Gasteiger partial charge is 0.309 e. The molecule has 0 bridgehead atoms. The Kier molecular flexibility index (Phi) is 5.37. The van der Waals surface area contributed by atoms with Crippen molar-refractivity contribution in [3.05, 3.63) is 33.3 Å². The lowest BCUT2D eigenvalue weighted by Crippen LogP contribution is -2.45. The Morgan fingerprint density at radius 1 is 1.25 bits per heavy atom.